The predicted molar refractivity (Wildman–Crippen MR) is 81.2 cm³/mol. The lowest BCUT2D eigenvalue weighted by atomic mass is 10.0. The molecule has 0 spiro atoms. The van der Waals surface area contributed by atoms with Gasteiger partial charge in [-0.25, -0.2) is 4.79 Å². The summed E-state index contributed by atoms with van der Waals surface area (Å²) >= 11 is 0. The van der Waals surface area contributed by atoms with Crippen molar-refractivity contribution in [2.45, 2.75) is 19.4 Å². The third-order valence-electron chi connectivity index (χ3n) is 3.71. The first-order chi connectivity index (χ1) is 11.1. The van der Waals surface area contributed by atoms with Crippen LogP contribution in [0.15, 0.2) is 41.0 Å². The van der Waals surface area contributed by atoms with Crippen LogP contribution in [-0.4, -0.2) is 25.1 Å². The standard InChI is InChI=1S/C17H17NO5/c1-11-12(6-8-21-11)17(20)23-10-16(19)18-14-7-9-22-15-5-3-2-4-13(14)15/h2-6,8,14H,7,9-10H2,1H3,(H,18,19)/t14-/m0/s1. The predicted octanol–water partition coefficient (Wildman–Crippen LogP) is 2.38. The molecule has 120 valence electrons. The molecule has 1 aromatic carbocycles. The van der Waals surface area contributed by atoms with Crippen LogP contribution in [0.2, 0.25) is 0 Å². The summed E-state index contributed by atoms with van der Waals surface area (Å²) in [4.78, 5) is 23.9. The molecule has 6 nitrogen and oxygen atoms in total. The van der Waals surface area contributed by atoms with Crippen molar-refractivity contribution in [2.24, 2.45) is 0 Å². The average Bonchev–Trinajstić information content (AvgIpc) is 2.99. The van der Waals surface area contributed by atoms with Gasteiger partial charge < -0.3 is 19.2 Å². The number of ether oxygens (including phenoxy) is 2. The molecule has 0 bridgehead atoms. The van der Waals surface area contributed by atoms with Crippen LogP contribution in [0, 0.1) is 6.92 Å². The summed E-state index contributed by atoms with van der Waals surface area (Å²) < 4.78 is 15.6. The Labute approximate surface area is 133 Å². The van der Waals surface area contributed by atoms with Crippen LogP contribution in [0.3, 0.4) is 0 Å². The Bertz CT molecular complexity index is 721. The molecule has 1 aliphatic rings. The van der Waals surface area contributed by atoms with Gasteiger partial charge in [0, 0.05) is 12.0 Å². The Morgan fingerprint density at radius 1 is 1.30 bits per heavy atom. The number of fused-ring (bicyclic) bond motifs is 1. The quantitative estimate of drug-likeness (QED) is 0.877. The topological polar surface area (TPSA) is 77.8 Å². The van der Waals surface area contributed by atoms with Crippen LogP contribution < -0.4 is 10.1 Å². The zero-order chi connectivity index (χ0) is 16.2. The third-order valence-corrected chi connectivity index (χ3v) is 3.71. The highest BCUT2D eigenvalue weighted by atomic mass is 16.5. The number of esters is 1. The minimum absolute atomic E-state index is 0.137. The molecule has 2 heterocycles. The molecular formula is C17H17NO5. The first kappa shape index (κ1) is 15.1. The fraction of sp³-hybridized carbons (Fsp3) is 0.294. The van der Waals surface area contributed by atoms with E-state index in [1.54, 1.807) is 6.92 Å². The van der Waals surface area contributed by atoms with Crippen molar-refractivity contribution < 1.29 is 23.5 Å². The number of para-hydroxylation sites is 1. The lowest BCUT2D eigenvalue weighted by Gasteiger charge is -2.26. The SMILES string of the molecule is Cc1occc1C(=O)OCC(=O)N[C@H]1CCOc2ccccc21. The number of amides is 1. The summed E-state index contributed by atoms with van der Waals surface area (Å²) in [5.41, 5.74) is 1.26. The zero-order valence-corrected chi connectivity index (χ0v) is 12.7. The van der Waals surface area contributed by atoms with Crippen molar-refractivity contribution in [3.8, 4) is 5.75 Å². The van der Waals surface area contributed by atoms with Gasteiger partial charge in [-0.2, -0.15) is 0 Å². The fourth-order valence-electron chi connectivity index (χ4n) is 2.53. The van der Waals surface area contributed by atoms with Gasteiger partial charge >= 0.3 is 5.97 Å². The second kappa shape index (κ2) is 6.56. The number of nitrogens with one attached hydrogen (secondary N) is 1. The van der Waals surface area contributed by atoms with Crippen LogP contribution in [0.1, 0.15) is 34.1 Å². The molecule has 0 radical (unpaired) electrons. The van der Waals surface area contributed by atoms with Gasteiger partial charge in [0.1, 0.15) is 17.1 Å². The second-order valence-corrected chi connectivity index (χ2v) is 5.26. The molecule has 1 N–H and O–H groups in total. The van der Waals surface area contributed by atoms with Gasteiger partial charge in [0.25, 0.3) is 5.91 Å². The summed E-state index contributed by atoms with van der Waals surface area (Å²) in [5.74, 6) is 0.323. The fourth-order valence-corrected chi connectivity index (χ4v) is 2.53. The maximum absolute atomic E-state index is 12.0. The Kier molecular flexibility index (Phi) is 4.32. The van der Waals surface area contributed by atoms with E-state index in [0.29, 0.717) is 24.4 Å². The van der Waals surface area contributed by atoms with Crippen molar-refractivity contribution >= 4 is 11.9 Å². The van der Waals surface area contributed by atoms with Gasteiger partial charge in [-0.05, 0) is 19.1 Å². The van der Waals surface area contributed by atoms with Crippen molar-refractivity contribution in [2.75, 3.05) is 13.2 Å². The number of benzene rings is 1. The van der Waals surface area contributed by atoms with E-state index >= 15 is 0 Å². The number of furan rings is 1. The van der Waals surface area contributed by atoms with Gasteiger partial charge in [-0.15, -0.1) is 0 Å². The number of aryl methyl sites for hydroxylation is 1. The normalized spacial score (nSPS) is 16.1. The Hall–Kier alpha value is -2.76. The van der Waals surface area contributed by atoms with E-state index in [9.17, 15) is 9.59 Å². The average molecular weight is 315 g/mol. The molecule has 0 unspecified atom stereocenters. The van der Waals surface area contributed by atoms with Crippen molar-refractivity contribution in [3.63, 3.8) is 0 Å². The molecule has 1 amide bonds. The highest BCUT2D eigenvalue weighted by molar-refractivity contribution is 5.92. The van der Waals surface area contributed by atoms with Gasteiger partial charge in [0.2, 0.25) is 0 Å². The summed E-state index contributed by atoms with van der Waals surface area (Å²) in [6.45, 7) is 1.87. The van der Waals surface area contributed by atoms with E-state index in [4.69, 9.17) is 13.9 Å². The molecule has 0 fully saturated rings. The van der Waals surface area contributed by atoms with E-state index in [1.165, 1.54) is 12.3 Å². The highest BCUT2D eigenvalue weighted by Crippen LogP contribution is 2.31. The number of hydrogen-bond donors (Lipinski definition) is 1. The molecule has 6 heteroatoms. The summed E-state index contributed by atoms with van der Waals surface area (Å²) in [6, 6.07) is 8.95. The van der Waals surface area contributed by atoms with Crippen LogP contribution in [0.25, 0.3) is 0 Å². The van der Waals surface area contributed by atoms with Crippen LogP contribution in [-0.2, 0) is 9.53 Å². The van der Waals surface area contributed by atoms with Gasteiger partial charge in [0.05, 0.1) is 18.9 Å². The molecule has 0 saturated heterocycles. The van der Waals surface area contributed by atoms with Crippen molar-refractivity contribution in [3.05, 3.63) is 53.5 Å². The van der Waals surface area contributed by atoms with Gasteiger partial charge in [-0.3, -0.25) is 4.79 Å². The Balaban J connectivity index is 1.56. The number of rotatable bonds is 4. The number of hydrogen-bond acceptors (Lipinski definition) is 5. The zero-order valence-electron chi connectivity index (χ0n) is 12.7. The Morgan fingerprint density at radius 3 is 2.91 bits per heavy atom. The molecule has 1 atom stereocenters. The Morgan fingerprint density at radius 2 is 2.13 bits per heavy atom. The van der Waals surface area contributed by atoms with Crippen LogP contribution >= 0.6 is 0 Å². The molecule has 0 saturated carbocycles. The molecule has 1 aliphatic heterocycles. The third kappa shape index (κ3) is 3.36. The van der Waals surface area contributed by atoms with Gasteiger partial charge in [0.15, 0.2) is 6.61 Å². The highest BCUT2D eigenvalue weighted by Gasteiger charge is 2.23. The van der Waals surface area contributed by atoms with E-state index in [1.807, 2.05) is 24.3 Å². The minimum Gasteiger partial charge on any atom is -0.493 e. The molecular weight excluding hydrogens is 298 g/mol. The maximum atomic E-state index is 12.0. The first-order valence-electron chi connectivity index (χ1n) is 7.37. The van der Waals surface area contributed by atoms with E-state index in [2.05, 4.69) is 5.32 Å². The van der Waals surface area contributed by atoms with Gasteiger partial charge in [-0.1, -0.05) is 18.2 Å². The minimum atomic E-state index is -0.571. The van der Waals surface area contributed by atoms with Crippen LogP contribution in [0.4, 0.5) is 0 Å². The molecule has 23 heavy (non-hydrogen) atoms. The van der Waals surface area contributed by atoms with E-state index in [-0.39, 0.29) is 18.6 Å². The van der Waals surface area contributed by atoms with Crippen molar-refractivity contribution in [1.82, 2.24) is 5.32 Å². The summed E-state index contributed by atoms with van der Waals surface area (Å²) in [5, 5.41) is 2.87. The second-order valence-electron chi connectivity index (χ2n) is 5.26. The van der Waals surface area contributed by atoms with E-state index in [0.717, 1.165) is 11.3 Å². The largest absolute Gasteiger partial charge is 0.493 e. The summed E-state index contributed by atoms with van der Waals surface area (Å²) in [7, 11) is 0. The first-order valence-corrected chi connectivity index (χ1v) is 7.37. The smallest absolute Gasteiger partial charge is 0.342 e. The lowest BCUT2D eigenvalue weighted by Crippen LogP contribution is -2.35. The molecule has 3 rings (SSSR count). The van der Waals surface area contributed by atoms with E-state index < -0.39 is 5.97 Å². The molecule has 0 aliphatic carbocycles. The molecule has 2 aromatic rings. The molecule has 1 aromatic heterocycles. The lowest BCUT2D eigenvalue weighted by molar-refractivity contribution is -0.125. The number of carbonyl (C=O) groups excluding carboxylic acids is 2. The summed E-state index contributed by atoms with van der Waals surface area (Å²) in [6.07, 6.45) is 2.09. The monoisotopic (exact) mass is 315 g/mol. The maximum Gasteiger partial charge on any atom is 0.342 e. The van der Waals surface area contributed by atoms with Crippen LogP contribution in [0.5, 0.6) is 5.75 Å². The van der Waals surface area contributed by atoms with Crippen molar-refractivity contribution in [1.29, 1.82) is 0 Å². The number of carbonyl (C=O) groups is 2.